The molecular formula is C24H31N2O2+. The molecule has 0 unspecified atom stereocenters. The number of ether oxygens (including phenoxy) is 1. The number of aryl methyl sites for hydroxylation is 2. The summed E-state index contributed by atoms with van der Waals surface area (Å²) in [6, 6.07) is 16.3. The summed E-state index contributed by atoms with van der Waals surface area (Å²) < 4.78 is 9.32. The Balaban J connectivity index is 1.37. The lowest BCUT2D eigenvalue weighted by Gasteiger charge is -2.09. The Hall–Kier alpha value is -2.62. The maximum absolute atomic E-state index is 12.1. The van der Waals surface area contributed by atoms with Crippen molar-refractivity contribution in [3.63, 3.8) is 0 Å². The number of carbonyl (C=O) groups is 1. The highest BCUT2D eigenvalue weighted by Crippen LogP contribution is 2.21. The van der Waals surface area contributed by atoms with Gasteiger partial charge in [-0.05, 0) is 25.0 Å². The smallest absolute Gasteiger partial charge is 0.354 e. The van der Waals surface area contributed by atoms with Crippen molar-refractivity contribution >= 4 is 16.9 Å². The van der Waals surface area contributed by atoms with Crippen LogP contribution in [0.3, 0.4) is 0 Å². The molecule has 3 aromatic rings. The zero-order chi connectivity index (χ0) is 19.6. The van der Waals surface area contributed by atoms with Gasteiger partial charge in [-0.2, -0.15) is 0 Å². The summed E-state index contributed by atoms with van der Waals surface area (Å²) in [5.41, 5.74) is 1.77. The van der Waals surface area contributed by atoms with Crippen LogP contribution in [0.4, 0.5) is 0 Å². The summed E-state index contributed by atoms with van der Waals surface area (Å²) in [6.07, 6.45) is 12.9. The van der Waals surface area contributed by atoms with Gasteiger partial charge in [-0.15, -0.1) is 0 Å². The van der Waals surface area contributed by atoms with Gasteiger partial charge in [0.1, 0.15) is 12.2 Å². The number of rotatable bonds is 11. The normalized spacial score (nSPS) is 11.0. The van der Waals surface area contributed by atoms with Gasteiger partial charge in [0.2, 0.25) is 0 Å². The second-order valence-electron chi connectivity index (χ2n) is 7.32. The molecule has 0 aliphatic rings. The van der Waals surface area contributed by atoms with E-state index in [-0.39, 0.29) is 5.97 Å². The monoisotopic (exact) mass is 379 g/mol. The van der Waals surface area contributed by atoms with Crippen LogP contribution < -0.4 is 4.57 Å². The minimum atomic E-state index is -0.257. The van der Waals surface area contributed by atoms with Gasteiger partial charge >= 0.3 is 5.97 Å². The van der Waals surface area contributed by atoms with E-state index in [0.717, 1.165) is 30.4 Å². The van der Waals surface area contributed by atoms with E-state index in [1.165, 1.54) is 45.6 Å². The molecule has 28 heavy (non-hydrogen) atoms. The lowest BCUT2D eigenvalue weighted by Crippen LogP contribution is -2.32. The third-order valence-corrected chi connectivity index (χ3v) is 5.28. The molecule has 0 amide bonds. The second kappa shape index (κ2) is 10.6. The maximum atomic E-state index is 12.1. The fourth-order valence-corrected chi connectivity index (χ4v) is 3.76. The Morgan fingerprint density at radius 3 is 2.32 bits per heavy atom. The van der Waals surface area contributed by atoms with Crippen LogP contribution in [-0.2, 0) is 17.8 Å². The number of benzene rings is 1. The highest BCUT2D eigenvalue weighted by molar-refractivity contribution is 5.95. The molecule has 0 bridgehead atoms. The third kappa shape index (κ3) is 5.44. The predicted octanol–water partition coefficient (Wildman–Crippen LogP) is 5.15. The Morgan fingerprint density at radius 1 is 0.893 bits per heavy atom. The number of nitrogens with zero attached hydrogens (tertiary/aromatic N) is 2. The van der Waals surface area contributed by atoms with E-state index in [0.29, 0.717) is 5.69 Å². The first kappa shape index (κ1) is 20.1. The van der Waals surface area contributed by atoms with Crippen molar-refractivity contribution in [2.75, 3.05) is 7.11 Å². The SMILES string of the molecule is COC(=O)c1cc2ccccc2n1CCCCCCCCC[n+]1ccccc1. The van der Waals surface area contributed by atoms with Crippen LogP contribution in [0.1, 0.15) is 55.4 Å². The van der Waals surface area contributed by atoms with Crippen LogP contribution in [0.2, 0.25) is 0 Å². The summed E-state index contributed by atoms with van der Waals surface area (Å²) in [7, 11) is 1.45. The van der Waals surface area contributed by atoms with E-state index in [4.69, 9.17) is 4.74 Å². The lowest BCUT2D eigenvalue weighted by molar-refractivity contribution is -0.697. The molecule has 4 nitrogen and oxygen atoms in total. The first-order chi connectivity index (χ1) is 13.8. The van der Waals surface area contributed by atoms with Gasteiger partial charge in [0.15, 0.2) is 12.4 Å². The van der Waals surface area contributed by atoms with Crippen molar-refractivity contribution in [3.8, 4) is 0 Å². The molecule has 2 aromatic heterocycles. The topological polar surface area (TPSA) is 35.1 Å². The van der Waals surface area contributed by atoms with E-state index in [9.17, 15) is 4.79 Å². The second-order valence-corrected chi connectivity index (χ2v) is 7.32. The Kier molecular flexibility index (Phi) is 7.65. The van der Waals surface area contributed by atoms with Gasteiger partial charge < -0.3 is 9.30 Å². The van der Waals surface area contributed by atoms with Crippen LogP contribution in [0, 0.1) is 0 Å². The quantitative estimate of drug-likeness (QED) is 0.262. The van der Waals surface area contributed by atoms with Crippen molar-refractivity contribution in [2.45, 2.75) is 58.0 Å². The minimum absolute atomic E-state index is 0.257. The van der Waals surface area contributed by atoms with Gasteiger partial charge in [0.05, 0.1) is 7.11 Å². The fraction of sp³-hybridized carbons (Fsp3) is 0.417. The summed E-state index contributed by atoms with van der Waals surface area (Å²) >= 11 is 0. The van der Waals surface area contributed by atoms with Gasteiger partial charge in [-0.3, -0.25) is 0 Å². The zero-order valence-electron chi connectivity index (χ0n) is 16.8. The van der Waals surface area contributed by atoms with E-state index in [1.807, 2.05) is 24.3 Å². The number of pyridine rings is 1. The number of unbranched alkanes of at least 4 members (excludes halogenated alkanes) is 6. The molecule has 3 rings (SSSR count). The lowest BCUT2D eigenvalue weighted by atomic mass is 10.1. The summed E-state index contributed by atoms with van der Waals surface area (Å²) in [4.78, 5) is 12.1. The number of fused-ring (bicyclic) bond motifs is 1. The summed E-state index contributed by atoms with van der Waals surface area (Å²) in [5, 5.41) is 1.10. The van der Waals surface area contributed by atoms with Crippen LogP contribution in [0.25, 0.3) is 10.9 Å². The molecular weight excluding hydrogens is 348 g/mol. The van der Waals surface area contributed by atoms with Crippen LogP contribution in [-0.4, -0.2) is 17.6 Å². The van der Waals surface area contributed by atoms with Gasteiger partial charge in [0.25, 0.3) is 0 Å². The molecule has 0 N–H and O–H groups in total. The molecule has 0 fully saturated rings. The van der Waals surface area contributed by atoms with Gasteiger partial charge in [-0.1, -0.05) is 49.9 Å². The molecule has 0 saturated carbocycles. The molecule has 0 spiro atoms. The maximum Gasteiger partial charge on any atom is 0.354 e. The average molecular weight is 380 g/mol. The Morgan fingerprint density at radius 2 is 1.57 bits per heavy atom. The Bertz CT molecular complexity index is 871. The van der Waals surface area contributed by atoms with Crippen molar-refractivity contribution in [1.82, 2.24) is 4.57 Å². The number of carbonyl (C=O) groups excluding carboxylic acids is 1. The van der Waals surface area contributed by atoms with Crippen LogP contribution in [0.15, 0.2) is 60.9 Å². The molecule has 0 atom stereocenters. The fourth-order valence-electron chi connectivity index (χ4n) is 3.76. The van der Waals surface area contributed by atoms with Gasteiger partial charge in [-0.25, -0.2) is 9.36 Å². The first-order valence-corrected chi connectivity index (χ1v) is 10.4. The van der Waals surface area contributed by atoms with Gasteiger partial charge in [0, 0.05) is 36.0 Å². The van der Waals surface area contributed by atoms with Crippen molar-refractivity contribution in [1.29, 1.82) is 0 Å². The Labute approximate surface area is 167 Å². The molecule has 2 heterocycles. The summed E-state index contributed by atoms with van der Waals surface area (Å²) in [6.45, 7) is 1.97. The molecule has 4 heteroatoms. The van der Waals surface area contributed by atoms with E-state index in [2.05, 4.69) is 45.8 Å². The van der Waals surface area contributed by atoms with E-state index >= 15 is 0 Å². The van der Waals surface area contributed by atoms with E-state index in [1.54, 1.807) is 0 Å². The zero-order valence-corrected chi connectivity index (χ0v) is 16.8. The minimum Gasteiger partial charge on any atom is -0.464 e. The first-order valence-electron chi connectivity index (χ1n) is 10.4. The summed E-state index contributed by atoms with van der Waals surface area (Å²) in [5.74, 6) is -0.257. The van der Waals surface area contributed by atoms with Crippen molar-refractivity contribution in [2.24, 2.45) is 0 Å². The number of esters is 1. The molecule has 0 saturated heterocycles. The number of methoxy groups -OCH3 is 1. The number of aromatic nitrogens is 2. The van der Waals surface area contributed by atoms with Crippen molar-refractivity contribution < 1.29 is 14.1 Å². The predicted molar refractivity (Wildman–Crippen MR) is 112 cm³/mol. The standard InChI is InChI=1S/C24H31N2O2/c1-28-24(27)23-20-21-14-8-9-15-22(21)26(23)19-13-6-4-2-3-5-10-16-25-17-11-7-12-18-25/h7-9,11-12,14-15,17-18,20H,2-6,10,13,16,19H2,1H3/q+1. The van der Waals surface area contributed by atoms with Crippen LogP contribution >= 0.6 is 0 Å². The van der Waals surface area contributed by atoms with Crippen molar-refractivity contribution in [3.05, 3.63) is 66.6 Å². The number of hydrogen-bond acceptors (Lipinski definition) is 2. The highest BCUT2D eigenvalue weighted by Gasteiger charge is 2.15. The largest absolute Gasteiger partial charge is 0.464 e. The van der Waals surface area contributed by atoms with Crippen LogP contribution in [0.5, 0.6) is 0 Å². The van der Waals surface area contributed by atoms with E-state index < -0.39 is 0 Å². The third-order valence-electron chi connectivity index (χ3n) is 5.28. The molecule has 0 radical (unpaired) electrons. The molecule has 0 aliphatic carbocycles. The number of hydrogen-bond donors (Lipinski definition) is 0. The average Bonchev–Trinajstić information content (AvgIpc) is 3.11. The highest BCUT2D eigenvalue weighted by atomic mass is 16.5. The molecule has 148 valence electrons. The molecule has 1 aromatic carbocycles. The molecule has 0 aliphatic heterocycles. The number of para-hydroxylation sites is 1.